The van der Waals surface area contributed by atoms with Gasteiger partial charge < -0.3 is 0 Å². The lowest BCUT2D eigenvalue weighted by atomic mass is 10.0. The van der Waals surface area contributed by atoms with E-state index in [0.29, 0.717) is 0 Å². The van der Waals surface area contributed by atoms with Crippen LogP contribution in [0.2, 0.25) is 0 Å². The normalized spacial score (nSPS) is 11.8. The number of pyridine rings is 2. The Morgan fingerprint density at radius 3 is 2.48 bits per heavy atom. The Labute approximate surface area is 120 Å². The molecule has 3 nitrogen and oxygen atoms in total. The van der Waals surface area contributed by atoms with Crippen molar-refractivity contribution < 1.29 is 0 Å². The van der Waals surface area contributed by atoms with E-state index in [1.807, 2.05) is 24.8 Å². The number of rotatable bonds is 0. The van der Waals surface area contributed by atoms with Crippen LogP contribution in [0.15, 0.2) is 67.3 Å². The van der Waals surface area contributed by atoms with Gasteiger partial charge in [0.1, 0.15) is 0 Å². The number of nitrogens with zero attached hydrogens (tertiary/aromatic N) is 3. The van der Waals surface area contributed by atoms with Crippen LogP contribution in [0.4, 0.5) is 0 Å². The maximum Gasteiger partial charge on any atom is 0.0997 e. The lowest BCUT2D eigenvalue weighted by molar-refractivity contribution is 1.21. The molecule has 3 heteroatoms. The molecule has 0 N–H and O–H groups in total. The first-order chi connectivity index (χ1) is 10.4. The van der Waals surface area contributed by atoms with Crippen LogP contribution in [0.1, 0.15) is 0 Å². The van der Waals surface area contributed by atoms with Crippen molar-refractivity contribution in [3.05, 3.63) is 67.3 Å². The van der Waals surface area contributed by atoms with Gasteiger partial charge >= 0.3 is 0 Å². The molecule has 3 heterocycles. The van der Waals surface area contributed by atoms with Gasteiger partial charge in [-0.25, -0.2) is 4.98 Å². The first-order valence-corrected chi connectivity index (χ1v) is 6.94. The zero-order valence-corrected chi connectivity index (χ0v) is 11.2. The minimum absolute atomic E-state index is 1.03. The maximum absolute atomic E-state index is 4.60. The van der Waals surface area contributed by atoms with Gasteiger partial charge in [-0.1, -0.05) is 36.4 Å². The molecule has 0 fully saturated rings. The Hall–Kier alpha value is -2.94. The molecule has 3 aromatic heterocycles. The average Bonchev–Trinajstić information content (AvgIpc) is 3.04. The summed E-state index contributed by atoms with van der Waals surface area (Å²) in [7, 11) is 0. The second-order valence-corrected chi connectivity index (χ2v) is 5.23. The van der Waals surface area contributed by atoms with E-state index in [1.165, 1.54) is 21.7 Å². The van der Waals surface area contributed by atoms with E-state index < -0.39 is 0 Å². The molecule has 5 aromatic rings. The van der Waals surface area contributed by atoms with Gasteiger partial charge in [-0.2, -0.15) is 0 Å². The van der Waals surface area contributed by atoms with Crippen LogP contribution in [-0.4, -0.2) is 14.4 Å². The molecule has 98 valence electrons. The van der Waals surface area contributed by atoms with Crippen molar-refractivity contribution in [3.8, 4) is 0 Å². The Kier molecular flexibility index (Phi) is 1.95. The van der Waals surface area contributed by atoms with E-state index in [4.69, 9.17) is 0 Å². The molecule has 0 aliphatic carbocycles. The van der Waals surface area contributed by atoms with Gasteiger partial charge in [0.05, 0.1) is 29.1 Å². The van der Waals surface area contributed by atoms with Gasteiger partial charge in [0.25, 0.3) is 0 Å². The third-order valence-electron chi connectivity index (χ3n) is 4.12. The Bertz CT molecular complexity index is 1140. The minimum atomic E-state index is 1.03. The molecule has 0 radical (unpaired) electrons. The first-order valence-electron chi connectivity index (χ1n) is 6.94. The number of para-hydroxylation sites is 2. The van der Waals surface area contributed by atoms with Gasteiger partial charge in [0.15, 0.2) is 0 Å². The third kappa shape index (κ3) is 1.32. The lowest BCUT2D eigenvalue weighted by Crippen LogP contribution is -1.91. The highest BCUT2D eigenvalue weighted by atomic mass is 15.0. The number of benzene rings is 2. The fourth-order valence-electron chi connectivity index (χ4n) is 3.21. The molecule has 0 spiro atoms. The number of aromatic nitrogens is 3. The van der Waals surface area contributed by atoms with E-state index in [-0.39, 0.29) is 0 Å². The second kappa shape index (κ2) is 3.79. The molecule has 0 unspecified atom stereocenters. The number of imidazole rings is 1. The topological polar surface area (TPSA) is 30.2 Å². The molecule has 5 rings (SSSR count). The van der Waals surface area contributed by atoms with Gasteiger partial charge in [0.2, 0.25) is 0 Å². The zero-order valence-electron chi connectivity index (χ0n) is 11.2. The summed E-state index contributed by atoms with van der Waals surface area (Å²) in [6.45, 7) is 0. The van der Waals surface area contributed by atoms with Crippen LogP contribution in [0.5, 0.6) is 0 Å². The van der Waals surface area contributed by atoms with Crippen molar-refractivity contribution in [1.29, 1.82) is 0 Å². The second-order valence-electron chi connectivity index (χ2n) is 5.23. The molecule has 21 heavy (non-hydrogen) atoms. The third-order valence-corrected chi connectivity index (χ3v) is 4.12. The van der Waals surface area contributed by atoms with Crippen molar-refractivity contribution in [2.75, 3.05) is 0 Å². The van der Waals surface area contributed by atoms with Crippen LogP contribution < -0.4 is 0 Å². The average molecular weight is 269 g/mol. The molecule has 0 atom stereocenters. The van der Waals surface area contributed by atoms with Gasteiger partial charge in [-0.15, -0.1) is 0 Å². The minimum Gasteiger partial charge on any atom is -0.298 e. The zero-order chi connectivity index (χ0) is 13.8. The van der Waals surface area contributed by atoms with Gasteiger partial charge in [0, 0.05) is 27.7 Å². The van der Waals surface area contributed by atoms with Crippen molar-refractivity contribution in [3.63, 3.8) is 0 Å². The lowest BCUT2D eigenvalue weighted by Gasteiger charge is -2.10. The van der Waals surface area contributed by atoms with E-state index in [9.17, 15) is 0 Å². The van der Waals surface area contributed by atoms with E-state index in [2.05, 4.69) is 56.8 Å². The predicted octanol–water partition coefficient (Wildman–Crippen LogP) is 4.19. The van der Waals surface area contributed by atoms with Crippen molar-refractivity contribution in [2.45, 2.75) is 0 Å². The molecule has 0 saturated heterocycles. The molecule has 0 bridgehead atoms. The molecular weight excluding hydrogens is 258 g/mol. The Morgan fingerprint density at radius 2 is 1.52 bits per heavy atom. The van der Waals surface area contributed by atoms with Crippen LogP contribution >= 0.6 is 0 Å². The summed E-state index contributed by atoms with van der Waals surface area (Å²) in [4.78, 5) is 8.92. The molecular formula is C18H11N3. The molecule has 0 aliphatic rings. The fraction of sp³-hybridized carbons (Fsp3) is 0. The first kappa shape index (κ1) is 10.8. The van der Waals surface area contributed by atoms with Crippen molar-refractivity contribution in [2.24, 2.45) is 0 Å². The van der Waals surface area contributed by atoms with Crippen molar-refractivity contribution >= 4 is 38.1 Å². The number of hydrogen-bond donors (Lipinski definition) is 0. The highest BCUT2D eigenvalue weighted by Gasteiger charge is 2.11. The largest absolute Gasteiger partial charge is 0.298 e. The SMILES string of the molecule is c1ccc2c(c1)ncc1c2c2ccccc2n2cncc12. The summed E-state index contributed by atoms with van der Waals surface area (Å²) in [5.41, 5.74) is 3.30. The summed E-state index contributed by atoms with van der Waals surface area (Å²) in [6.07, 6.45) is 5.73. The maximum atomic E-state index is 4.60. The van der Waals surface area contributed by atoms with Crippen LogP contribution in [0.25, 0.3) is 38.1 Å². The van der Waals surface area contributed by atoms with Crippen LogP contribution in [0.3, 0.4) is 0 Å². The smallest absolute Gasteiger partial charge is 0.0997 e. The predicted molar refractivity (Wildman–Crippen MR) is 85.5 cm³/mol. The van der Waals surface area contributed by atoms with Crippen LogP contribution in [0, 0.1) is 0 Å². The Balaban J connectivity index is 2.25. The fourth-order valence-corrected chi connectivity index (χ4v) is 3.21. The van der Waals surface area contributed by atoms with Crippen LogP contribution in [-0.2, 0) is 0 Å². The molecule has 2 aromatic carbocycles. The number of hydrogen-bond acceptors (Lipinski definition) is 2. The summed E-state index contributed by atoms with van der Waals surface area (Å²) in [5, 5.41) is 4.82. The molecule has 0 aliphatic heterocycles. The summed E-state index contributed by atoms with van der Waals surface area (Å²) >= 11 is 0. The van der Waals surface area contributed by atoms with Crippen molar-refractivity contribution in [1.82, 2.24) is 14.4 Å². The molecule has 0 saturated carbocycles. The van der Waals surface area contributed by atoms with Gasteiger partial charge in [-0.05, 0) is 12.1 Å². The number of fused-ring (bicyclic) bond motifs is 8. The van der Waals surface area contributed by atoms with E-state index in [1.54, 1.807) is 0 Å². The standard InChI is InChI=1S/C18H11N3/c1-3-7-15-12(5-1)18-13-6-2-4-8-16(13)21-11-19-10-17(21)14(18)9-20-15/h1-11H. The molecule has 0 amide bonds. The quantitative estimate of drug-likeness (QED) is 0.395. The highest BCUT2D eigenvalue weighted by Crippen LogP contribution is 2.33. The van der Waals surface area contributed by atoms with E-state index >= 15 is 0 Å². The highest BCUT2D eigenvalue weighted by molar-refractivity contribution is 6.22. The Morgan fingerprint density at radius 1 is 0.714 bits per heavy atom. The van der Waals surface area contributed by atoms with E-state index in [0.717, 1.165) is 16.4 Å². The van der Waals surface area contributed by atoms with Gasteiger partial charge in [-0.3, -0.25) is 9.38 Å². The summed E-state index contributed by atoms with van der Waals surface area (Å²) in [5.74, 6) is 0. The monoisotopic (exact) mass is 269 g/mol. The summed E-state index contributed by atoms with van der Waals surface area (Å²) in [6, 6.07) is 16.8. The summed E-state index contributed by atoms with van der Waals surface area (Å²) < 4.78 is 2.13.